The van der Waals surface area contributed by atoms with Gasteiger partial charge in [0, 0.05) is 25.3 Å². The van der Waals surface area contributed by atoms with Crippen molar-refractivity contribution in [1.29, 1.82) is 0 Å². The Morgan fingerprint density at radius 3 is 2.52 bits per heavy atom. The first-order valence-electron chi connectivity index (χ1n) is 7.94. The summed E-state index contributed by atoms with van der Waals surface area (Å²) in [5, 5.41) is 3.23. The fraction of sp³-hybridized carbons (Fsp3) is 0.389. The molecule has 0 unspecified atom stereocenters. The molecule has 0 fully saturated rings. The molecule has 0 radical (unpaired) electrons. The van der Waals surface area contributed by atoms with Gasteiger partial charge in [0.15, 0.2) is 0 Å². The molecule has 2 rings (SSSR count). The average Bonchev–Trinajstić information content (AvgIpc) is 2.53. The molecule has 1 aromatic heterocycles. The molecule has 5 heteroatoms. The molecule has 1 heterocycles. The Bertz CT molecular complexity index is 667. The van der Waals surface area contributed by atoms with Crippen LogP contribution in [0.1, 0.15) is 41.6 Å². The standard InChI is InChI=1S/C18H24N4O/c1-5-6-11-22(4)18(23)16-12-17(20-14(3)19-16)21-15-9-7-13(2)8-10-15/h7-10,12H,5-6,11H2,1-4H3,(H,19,20,21). The summed E-state index contributed by atoms with van der Waals surface area (Å²) in [7, 11) is 1.81. The number of aromatic nitrogens is 2. The molecule has 1 N–H and O–H groups in total. The number of nitrogens with one attached hydrogen (secondary N) is 1. The number of carbonyl (C=O) groups excluding carboxylic acids is 1. The minimum atomic E-state index is -0.0732. The van der Waals surface area contributed by atoms with Crippen LogP contribution in [-0.2, 0) is 0 Å². The number of aryl methyl sites for hydroxylation is 2. The number of carbonyl (C=O) groups is 1. The monoisotopic (exact) mass is 312 g/mol. The highest BCUT2D eigenvalue weighted by molar-refractivity contribution is 5.93. The van der Waals surface area contributed by atoms with Crippen molar-refractivity contribution in [3.8, 4) is 0 Å². The second kappa shape index (κ2) is 7.72. The van der Waals surface area contributed by atoms with E-state index in [-0.39, 0.29) is 5.91 Å². The first kappa shape index (κ1) is 16.9. The summed E-state index contributed by atoms with van der Waals surface area (Å²) in [6, 6.07) is 9.74. The number of hydrogen-bond acceptors (Lipinski definition) is 4. The van der Waals surface area contributed by atoms with Crippen molar-refractivity contribution >= 4 is 17.4 Å². The number of rotatable bonds is 6. The van der Waals surface area contributed by atoms with Gasteiger partial charge in [-0.3, -0.25) is 4.79 Å². The molecule has 1 aromatic carbocycles. The van der Waals surface area contributed by atoms with Gasteiger partial charge in [0.05, 0.1) is 0 Å². The summed E-state index contributed by atoms with van der Waals surface area (Å²) in [4.78, 5) is 22.8. The zero-order chi connectivity index (χ0) is 16.8. The average molecular weight is 312 g/mol. The highest BCUT2D eigenvalue weighted by Crippen LogP contribution is 2.16. The van der Waals surface area contributed by atoms with Crippen molar-refractivity contribution in [1.82, 2.24) is 14.9 Å². The smallest absolute Gasteiger partial charge is 0.272 e. The first-order valence-corrected chi connectivity index (χ1v) is 7.94. The van der Waals surface area contributed by atoms with Gasteiger partial charge in [0.25, 0.3) is 5.91 Å². The summed E-state index contributed by atoms with van der Waals surface area (Å²) in [5.41, 5.74) is 2.56. The van der Waals surface area contributed by atoms with Crippen LogP contribution in [-0.4, -0.2) is 34.4 Å². The van der Waals surface area contributed by atoms with E-state index in [2.05, 4.69) is 22.2 Å². The van der Waals surface area contributed by atoms with Crippen LogP contribution >= 0.6 is 0 Å². The quantitative estimate of drug-likeness (QED) is 0.883. The third kappa shape index (κ3) is 4.77. The second-order valence-electron chi connectivity index (χ2n) is 5.76. The van der Waals surface area contributed by atoms with E-state index >= 15 is 0 Å². The number of amides is 1. The molecule has 1 amide bonds. The van der Waals surface area contributed by atoms with Gasteiger partial charge in [-0.05, 0) is 32.4 Å². The van der Waals surface area contributed by atoms with Gasteiger partial charge in [-0.25, -0.2) is 9.97 Å². The van der Waals surface area contributed by atoms with Crippen molar-refractivity contribution in [3.05, 3.63) is 47.4 Å². The molecule has 0 bridgehead atoms. The van der Waals surface area contributed by atoms with Crippen molar-refractivity contribution in [2.45, 2.75) is 33.6 Å². The maximum atomic E-state index is 12.5. The van der Waals surface area contributed by atoms with Crippen LogP contribution < -0.4 is 5.32 Å². The third-order valence-corrected chi connectivity index (χ3v) is 3.57. The van der Waals surface area contributed by atoms with Gasteiger partial charge in [0.1, 0.15) is 17.3 Å². The molecule has 0 saturated heterocycles. The van der Waals surface area contributed by atoms with E-state index in [1.54, 1.807) is 17.9 Å². The molecule has 0 aliphatic carbocycles. The summed E-state index contributed by atoms with van der Waals surface area (Å²) >= 11 is 0. The summed E-state index contributed by atoms with van der Waals surface area (Å²) < 4.78 is 0. The van der Waals surface area contributed by atoms with Crippen LogP contribution in [0.4, 0.5) is 11.5 Å². The molecule has 5 nitrogen and oxygen atoms in total. The fourth-order valence-corrected chi connectivity index (χ4v) is 2.22. The van der Waals surface area contributed by atoms with Crippen LogP contribution in [0, 0.1) is 13.8 Å². The lowest BCUT2D eigenvalue weighted by atomic mass is 10.2. The molecule has 0 atom stereocenters. The van der Waals surface area contributed by atoms with Crippen molar-refractivity contribution in [2.75, 3.05) is 18.9 Å². The Morgan fingerprint density at radius 2 is 1.87 bits per heavy atom. The Kier molecular flexibility index (Phi) is 5.68. The third-order valence-electron chi connectivity index (χ3n) is 3.57. The van der Waals surface area contributed by atoms with Gasteiger partial charge in [-0.2, -0.15) is 0 Å². The lowest BCUT2D eigenvalue weighted by Gasteiger charge is -2.17. The number of unbranched alkanes of at least 4 members (excludes halogenated alkanes) is 1. The molecule has 0 spiro atoms. The van der Waals surface area contributed by atoms with E-state index in [0.29, 0.717) is 17.3 Å². The number of anilines is 2. The first-order chi connectivity index (χ1) is 11.0. The van der Waals surface area contributed by atoms with Crippen LogP contribution in [0.3, 0.4) is 0 Å². The van der Waals surface area contributed by atoms with Gasteiger partial charge in [-0.15, -0.1) is 0 Å². The number of benzene rings is 1. The van der Waals surface area contributed by atoms with Gasteiger partial charge < -0.3 is 10.2 Å². The zero-order valence-electron chi connectivity index (χ0n) is 14.3. The molecule has 122 valence electrons. The predicted octanol–water partition coefficient (Wildman–Crippen LogP) is 3.71. The zero-order valence-corrected chi connectivity index (χ0v) is 14.3. The van der Waals surface area contributed by atoms with E-state index in [1.807, 2.05) is 38.2 Å². The SMILES string of the molecule is CCCCN(C)C(=O)c1cc(Nc2ccc(C)cc2)nc(C)n1. The van der Waals surface area contributed by atoms with Gasteiger partial charge in [-0.1, -0.05) is 31.0 Å². The van der Waals surface area contributed by atoms with Crippen molar-refractivity contribution < 1.29 is 4.79 Å². The van der Waals surface area contributed by atoms with E-state index < -0.39 is 0 Å². The molecule has 23 heavy (non-hydrogen) atoms. The molecule has 0 saturated carbocycles. The van der Waals surface area contributed by atoms with Crippen LogP contribution in [0.25, 0.3) is 0 Å². The highest BCUT2D eigenvalue weighted by atomic mass is 16.2. The Morgan fingerprint density at radius 1 is 1.17 bits per heavy atom. The van der Waals surface area contributed by atoms with E-state index in [0.717, 1.165) is 25.1 Å². The summed E-state index contributed by atoms with van der Waals surface area (Å²) in [5.74, 6) is 1.14. The Labute approximate surface area is 137 Å². The van der Waals surface area contributed by atoms with E-state index in [9.17, 15) is 4.79 Å². The molecule has 0 aliphatic heterocycles. The van der Waals surface area contributed by atoms with Crippen molar-refractivity contribution in [3.63, 3.8) is 0 Å². The number of nitrogens with zero attached hydrogens (tertiary/aromatic N) is 3. The molecule has 2 aromatic rings. The minimum Gasteiger partial charge on any atom is -0.340 e. The molecular weight excluding hydrogens is 288 g/mol. The second-order valence-corrected chi connectivity index (χ2v) is 5.76. The van der Waals surface area contributed by atoms with E-state index in [1.165, 1.54) is 5.56 Å². The topological polar surface area (TPSA) is 58.1 Å². The maximum Gasteiger partial charge on any atom is 0.272 e. The van der Waals surface area contributed by atoms with Crippen LogP contribution in [0.5, 0.6) is 0 Å². The lowest BCUT2D eigenvalue weighted by molar-refractivity contribution is 0.0787. The highest BCUT2D eigenvalue weighted by Gasteiger charge is 2.15. The summed E-state index contributed by atoms with van der Waals surface area (Å²) in [6.07, 6.45) is 2.04. The van der Waals surface area contributed by atoms with Crippen molar-refractivity contribution in [2.24, 2.45) is 0 Å². The van der Waals surface area contributed by atoms with Crippen LogP contribution in [0.2, 0.25) is 0 Å². The van der Waals surface area contributed by atoms with Gasteiger partial charge in [0.2, 0.25) is 0 Å². The molecular formula is C18H24N4O. The maximum absolute atomic E-state index is 12.5. The Hall–Kier alpha value is -2.43. The minimum absolute atomic E-state index is 0.0732. The van der Waals surface area contributed by atoms with E-state index in [4.69, 9.17) is 0 Å². The number of hydrogen-bond donors (Lipinski definition) is 1. The Balaban J connectivity index is 2.18. The normalized spacial score (nSPS) is 10.4. The van der Waals surface area contributed by atoms with Gasteiger partial charge >= 0.3 is 0 Å². The largest absolute Gasteiger partial charge is 0.340 e. The van der Waals surface area contributed by atoms with Crippen LogP contribution in [0.15, 0.2) is 30.3 Å². The lowest BCUT2D eigenvalue weighted by Crippen LogP contribution is -2.28. The fourth-order valence-electron chi connectivity index (χ4n) is 2.22. The summed E-state index contributed by atoms with van der Waals surface area (Å²) in [6.45, 7) is 6.68. The predicted molar refractivity (Wildman–Crippen MR) is 93.1 cm³/mol. The molecule has 0 aliphatic rings.